The molecule has 156 valence electrons. The van der Waals surface area contributed by atoms with E-state index in [9.17, 15) is 21.6 Å². The van der Waals surface area contributed by atoms with E-state index in [1.807, 2.05) is 0 Å². The molecule has 0 saturated carbocycles. The fourth-order valence-corrected chi connectivity index (χ4v) is 5.15. The third-order valence-corrected chi connectivity index (χ3v) is 7.55. The first-order valence-corrected chi connectivity index (χ1v) is 12.1. The smallest absolute Gasteiger partial charge is 0.261 e. The lowest BCUT2D eigenvalue weighted by atomic mass is 10.1. The van der Waals surface area contributed by atoms with Crippen LogP contribution in [0.4, 0.5) is 5.69 Å². The molecule has 2 N–H and O–H groups in total. The summed E-state index contributed by atoms with van der Waals surface area (Å²) in [4.78, 5) is 14.0. The highest BCUT2D eigenvalue weighted by Crippen LogP contribution is 2.27. The van der Waals surface area contributed by atoms with Gasteiger partial charge in [0, 0.05) is 18.1 Å². The standard InChI is InChI=1S/C18H20ClN3O5S2/c1-20-28(24,25)14-5-4-6-15(12-14)29(26,27)21-17-11-13(19)7-8-16(17)18(23)22-9-2-3-10-22/h4-8,11-12,20-21H,2-3,9-10H2,1H3. The van der Waals surface area contributed by atoms with Crippen LogP contribution in [0.5, 0.6) is 0 Å². The van der Waals surface area contributed by atoms with E-state index < -0.39 is 20.0 Å². The first kappa shape index (κ1) is 21.6. The molecule has 0 bridgehead atoms. The van der Waals surface area contributed by atoms with Gasteiger partial charge in [0.2, 0.25) is 10.0 Å². The van der Waals surface area contributed by atoms with Crippen molar-refractivity contribution in [3.63, 3.8) is 0 Å². The third-order valence-electron chi connectivity index (χ3n) is 4.54. The summed E-state index contributed by atoms with van der Waals surface area (Å²) in [5.74, 6) is -0.289. The van der Waals surface area contributed by atoms with Crippen LogP contribution >= 0.6 is 11.6 Å². The molecule has 2 aromatic carbocycles. The summed E-state index contributed by atoms with van der Waals surface area (Å²) in [6.07, 6.45) is 1.79. The minimum Gasteiger partial charge on any atom is -0.339 e. The second-order valence-electron chi connectivity index (χ2n) is 6.48. The lowest BCUT2D eigenvalue weighted by Gasteiger charge is -2.19. The largest absolute Gasteiger partial charge is 0.339 e. The van der Waals surface area contributed by atoms with Gasteiger partial charge in [0.25, 0.3) is 15.9 Å². The highest BCUT2D eigenvalue weighted by Gasteiger charge is 2.25. The number of halogens is 1. The summed E-state index contributed by atoms with van der Waals surface area (Å²) in [5, 5.41) is 0.257. The molecule has 11 heteroatoms. The first-order valence-electron chi connectivity index (χ1n) is 8.79. The van der Waals surface area contributed by atoms with Crippen LogP contribution in [0.1, 0.15) is 23.2 Å². The van der Waals surface area contributed by atoms with Gasteiger partial charge in [-0.3, -0.25) is 9.52 Å². The zero-order chi connectivity index (χ0) is 21.2. The molecule has 1 fully saturated rings. The molecule has 1 amide bonds. The number of sulfonamides is 2. The van der Waals surface area contributed by atoms with Crippen molar-refractivity contribution in [3.05, 3.63) is 53.1 Å². The Hall–Kier alpha value is -2.14. The van der Waals surface area contributed by atoms with Crippen LogP contribution in [0.2, 0.25) is 5.02 Å². The van der Waals surface area contributed by atoms with E-state index in [4.69, 9.17) is 11.6 Å². The van der Waals surface area contributed by atoms with Gasteiger partial charge in [-0.15, -0.1) is 0 Å². The van der Waals surface area contributed by atoms with Crippen molar-refractivity contribution >= 4 is 43.2 Å². The molecule has 3 rings (SSSR count). The summed E-state index contributed by atoms with van der Waals surface area (Å²) in [5.41, 5.74) is 0.218. The maximum absolute atomic E-state index is 12.9. The van der Waals surface area contributed by atoms with E-state index >= 15 is 0 Å². The van der Waals surface area contributed by atoms with E-state index in [0.717, 1.165) is 18.9 Å². The zero-order valence-electron chi connectivity index (χ0n) is 15.6. The quantitative estimate of drug-likeness (QED) is 0.691. The van der Waals surface area contributed by atoms with Gasteiger partial charge in [0.15, 0.2) is 0 Å². The first-order chi connectivity index (χ1) is 13.6. The summed E-state index contributed by atoms with van der Waals surface area (Å²) in [7, 11) is -6.76. The Kier molecular flexibility index (Phi) is 6.18. The molecule has 0 atom stereocenters. The van der Waals surface area contributed by atoms with Gasteiger partial charge in [-0.2, -0.15) is 0 Å². The van der Waals surface area contributed by atoms with Crippen LogP contribution in [-0.2, 0) is 20.0 Å². The van der Waals surface area contributed by atoms with Crippen molar-refractivity contribution in [2.45, 2.75) is 22.6 Å². The number of likely N-dealkylation sites (tertiary alicyclic amines) is 1. The number of amides is 1. The molecule has 0 radical (unpaired) electrons. The molecular formula is C18H20ClN3O5S2. The van der Waals surface area contributed by atoms with Gasteiger partial charge in [0.1, 0.15) is 0 Å². The van der Waals surface area contributed by atoms with E-state index in [-0.39, 0.29) is 32.0 Å². The fourth-order valence-electron chi connectivity index (χ4n) is 3.01. The Morgan fingerprint density at radius 2 is 1.59 bits per heavy atom. The molecular weight excluding hydrogens is 438 g/mol. The summed E-state index contributed by atoms with van der Waals surface area (Å²) in [6.45, 7) is 1.22. The Labute approximate surface area is 175 Å². The number of anilines is 1. The Bertz CT molecular complexity index is 1140. The molecule has 29 heavy (non-hydrogen) atoms. The zero-order valence-corrected chi connectivity index (χ0v) is 17.9. The van der Waals surface area contributed by atoms with Crippen molar-refractivity contribution < 1.29 is 21.6 Å². The highest BCUT2D eigenvalue weighted by atomic mass is 35.5. The number of hydrogen-bond acceptors (Lipinski definition) is 5. The molecule has 0 aliphatic carbocycles. The maximum atomic E-state index is 12.9. The third kappa shape index (κ3) is 4.72. The van der Waals surface area contributed by atoms with E-state index in [1.165, 1.54) is 43.4 Å². The maximum Gasteiger partial charge on any atom is 0.261 e. The van der Waals surface area contributed by atoms with E-state index in [1.54, 1.807) is 4.90 Å². The number of hydrogen-bond donors (Lipinski definition) is 2. The van der Waals surface area contributed by atoms with Gasteiger partial charge >= 0.3 is 0 Å². The van der Waals surface area contributed by atoms with Crippen molar-refractivity contribution in [2.24, 2.45) is 0 Å². The number of nitrogens with zero attached hydrogens (tertiary/aromatic N) is 1. The number of nitrogens with one attached hydrogen (secondary N) is 2. The number of carbonyl (C=O) groups is 1. The Balaban J connectivity index is 1.98. The van der Waals surface area contributed by atoms with Gasteiger partial charge in [-0.1, -0.05) is 17.7 Å². The average Bonchev–Trinajstić information content (AvgIpc) is 3.22. The van der Waals surface area contributed by atoms with Crippen LogP contribution in [-0.4, -0.2) is 47.8 Å². The molecule has 0 aromatic heterocycles. The van der Waals surface area contributed by atoms with Crippen molar-refractivity contribution in [3.8, 4) is 0 Å². The van der Waals surface area contributed by atoms with Crippen molar-refractivity contribution in [1.82, 2.24) is 9.62 Å². The van der Waals surface area contributed by atoms with Crippen LogP contribution in [0, 0.1) is 0 Å². The van der Waals surface area contributed by atoms with Gasteiger partial charge in [0.05, 0.1) is 21.0 Å². The van der Waals surface area contributed by atoms with E-state index in [2.05, 4.69) is 9.44 Å². The number of benzene rings is 2. The predicted molar refractivity (Wildman–Crippen MR) is 110 cm³/mol. The molecule has 0 unspecified atom stereocenters. The van der Waals surface area contributed by atoms with Crippen LogP contribution in [0.3, 0.4) is 0 Å². The molecule has 8 nitrogen and oxygen atoms in total. The number of carbonyl (C=O) groups excluding carboxylic acids is 1. The molecule has 1 saturated heterocycles. The lowest BCUT2D eigenvalue weighted by Crippen LogP contribution is -2.29. The Morgan fingerprint density at radius 3 is 2.21 bits per heavy atom. The van der Waals surface area contributed by atoms with Crippen LogP contribution < -0.4 is 9.44 Å². The second kappa shape index (κ2) is 8.31. The fraction of sp³-hybridized carbons (Fsp3) is 0.278. The molecule has 2 aromatic rings. The summed E-state index contributed by atoms with van der Waals surface area (Å²) >= 11 is 6.01. The SMILES string of the molecule is CNS(=O)(=O)c1cccc(S(=O)(=O)Nc2cc(Cl)ccc2C(=O)N2CCCC2)c1. The molecule has 1 aliphatic rings. The summed E-state index contributed by atoms with van der Waals surface area (Å²) in [6, 6.07) is 9.27. The highest BCUT2D eigenvalue weighted by molar-refractivity contribution is 7.93. The predicted octanol–water partition coefficient (Wildman–Crippen LogP) is 2.28. The summed E-state index contributed by atoms with van der Waals surface area (Å²) < 4.78 is 54.2. The molecule has 0 spiro atoms. The lowest BCUT2D eigenvalue weighted by molar-refractivity contribution is 0.0794. The number of rotatable bonds is 6. The normalized spacial score (nSPS) is 14.8. The van der Waals surface area contributed by atoms with Gasteiger partial charge < -0.3 is 4.90 Å². The van der Waals surface area contributed by atoms with Crippen molar-refractivity contribution in [1.29, 1.82) is 0 Å². The average molecular weight is 458 g/mol. The van der Waals surface area contributed by atoms with Gasteiger partial charge in [-0.25, -0.2) is 21.6 Å². The van der Waals surface area contributed by atoms with Crippen LogP contribution in [0.15, 0.2) is 52.3 Å². The second-order valence-corrected chi connectivity index (χ2v) is 10.5. The Morgan fingerprint density at radius 1 is 0.966 bits per heavy atom. The van der Waals surface area contributed by atoms with Crippen molar-refractivity contribution in [2.75, 3.05) is 24.9 Å². The monoisotopic (exact) mass is 457 g/mol. The minimum atomic E-state index is -4.17. The van der Waals surface area contributed by atoms with Gasteiger partial charge in [-0.05, 0) is 56.3 Å². The topological polar surface area (TPSA) is 113 Å². The van der Waals surface area contributed by atoms with Crippen LogP contribution in [0.25, 0.3) is 0 Å². The molecule has 1 aliphatic heterocycles. The minimum absolute atomic E-state index is 0.0382. The van der Waals surface area contributed by atoms with E-state index in [0.29, 0.717) is 13.1 Å². The molecule has 1 heterocycles.